The minimum atomic E-state index is -0.707. The van der Waals surface area contributed by atoms with Gasteiger partial charge in [0.2, 0.25) is 0 Å². The fourth-order valence-electron chi connectivity index (χ4n) is 3.22. The maximum Gasteiger partial charge on any atom is 0.349 e. The zero-order valence-electron chi connectivity index (χ0n) is 13.4. The Kier molecular flexibility index (Phi) is 4.33. The van der Waals surface area contributed by atoms with Crippen LogP contribution in [0.4, 0.5) is 5.69 Å². The lowest BCUT2D eigenvalue weighted by Gasteiger charge is -2.35. The summed E-state index contributed by atoms with van der Waals surface area (Å²) in [5, 5.41) is 11.3. The van der Waals surface area contributed by atoms with Crippen LogP contribution < -0.4 is 5.63 Å². The van der Waals surface area contributed by atoms with Crippen molar-refractivity contribution in [3.8, 4) is 0 Å². The van der Waals surface area contributed by atoms with E-state index in [1.807, 2.05) is 6.92 Å². The smallest absolute Gasteiger partial charge is 0.349 e. The van der Waals surface area contributed by atoms with E-state index in [-0.39, 0.29) is 28.8 Å². The van der Waals surface area contributed by atoms with Gasteiger partial charge in [0, 0.05) is 30.1 Å². The second kappa shape index (κ2) is 6.43. The zero-order valence-corrected chi connectivity index (χ0v) is 13.4. The zero-order chi connectivity index (χ0) is 17.3. The van der Waals surface area contributed by atoms with Gasteiger partial charge in [0.05, 0.1) is 4.92 Å². The van der Waals surface area contributed by atoms with Crippen LogP contribution in [0.1, 0.15) is 43.0 Å². The Morgan fingerprint density at radius 1 is 1.38 bits per heavy atom. The van der Waals surface area contributed by atoms with E-state index < -0.39 is 10.5 Å². The molecule has 1 fully saturated rings. The number of nitro groups is 1. The molecule has 0 N–H and O–H groups in total. The van der Waals surface area contributed by atoms with Crippen molar-refractivity contribution in [1.82, 2.24) is 4.90 Å². The minimum Gasteiger partial charge on any atom is -0.422 e. The Bertz CT molecular complexity index is 858. The summed E-state index contributed by atoms with van der Waals surface area (Å²) in [6.45, 7) is 2.63. The summed E-state index contributed by atoms with van der Waals surface area (Å²) >= 11 is 0. The van der Waals surface area contributed by atoms with Crippen LogP contribution in [0.25, 0.3) is 11.0 Å². The fourth-order valence-corrected chi connectivity index (χ4v) is 3.22. The molecule has 3 rings (SSSR count). The second-order valence-corrected chi connectivity index (χ2v) is 5.98. The van der Waals surface area contributed by atoms with Gasteiger partial charge in [-0.2, -0.15) is 0 Å². The van der Waals surface area contributed by atoms with E-state index in [1.165, 1.54) is 24.3 Å². The van der Waals surface area contributed by atoms with E-state index in [0.717, 1.165) is 25.7 Å². The lowest BCUT2D eigenvalue weighted by molar-refractivity contribution is -0.384. The molecule has 1 aromatic heterocycles. The first-order valence-electron chi connectivity index (χ1n) is 8.04. The van der Waals surface area contributed by atoms with Crippen LogP contribution >= 0.6 is 0 Å². The number of hydrogen-bond acceptors (Lipinski definition) is 5. The summed E-state index contributed by atoms with van der Waals surface area (Å²) in [6.07, 6.45) is 3.73. The molecule has 0 spiro atoms. The minimum absolute atomic E-state index is 0.0663. The molecule has 0 saturated carbocycles. The Morgan fingerprint density at radius 2 is 2.17 bits per heavy atom. The number of non-ortho nitro benzene ring substituents is 1. The van der Waals surface area contributed by atoms with Crippen LogP contribution in [0.2, 0.25) is 0 Å². The number of carbonyl (C=O) groups is 1. The van der Waals surface area contributed by atoms with E-state index in [1.54, 1.807) is 4.90 Å². The van der Waals surface area contributed by atoms with Gasteiger partial charge in [-0.05, 0) is 37.8 Å². The number of rotatable bonds is 3. The van der Waals surface area contributed by atoms with Crippen molar-refractivity contribution < 1.29 is 14.1 Å². The molecule has 7 heteroatoms. The maximum absolute atomic E-state index is 12.8. The maximum atomic E-state index is 12.8. The molecule has 2 heterocycles. The Hall–Kier alpha value is -2.70. The normalized spacial score (nSPS) is 17.9. The van der Waals surface area contributed by atoms with Crippen molar-refractivity contribution in [2.45, 2.75) is 38.6 Å². The number of nitro benzene ring substituents is 1. The summed E-state index contributed by atoms with van der Waals surface area (Å²) in [5.74, 6) is -0.358. The molecule has 2 aromatic rings. The van der Waals surface area contributed by atoms with Gasteiger partial charge in [0.15, 0.2) is 0 Å². The highest BCUT2D eigenvalue weighted by Gasteiger charge is 2.28. The summed E-state index contributed by atoms with van der Waals surface area (Å²) < 4.78 is 5.18. The van der Waals surface area contributed by atoms with Gasteiger partial charge in [-0.15, -0.1) is 0 Å². The third-order valence-corrected chi connectivity index (χ3v) is 4.52. The standard InChI is InChI=1S/C17H18N2O5/c1-2-12-5-3-4-8-18(12)16(20)14-10-11-9-13(19(22)23)6-7-15(11)24-17(14)21/h6-7,9-10,12H,2-5,8H2,1H3. The molecule has 7 nitrogen and oxygen atoms in total. The number of fused-ring (bicyclic) bond motifs is 1. The van der Waals surface area contributed by atoms with Gasteiger partial charge in [-0.3, -0.25) is 14.9 Å². The molecule has 1 atom stereocenters. The van der Waals surface area contributed by atoms with Crippen LogP contribution in [0.15, 0.2) is 33.5 Å². The van der Waals surface area contributed by atoms with Gasteiger partial charge in [-0.25, -0.2) is 4.79 Å². The Balaban J connectivity index is 2.04. The van der Waals surface area contributed by atoms with Crippen molar-refractivity contribution in [3.63, 3.8) is 0 Å². The van der Waals surface area contributed by atoms with Gasteiger partial charge in [0.1, 0.15) is 11.1 Å². The highest BCUT2D eigenvalue weighted by atomic mass is 16.6. The van der Waals surface area contributed by atoms with Gasteiger partial charge < -0.3 is 9.32 Å². The fraction of sp³-hybridized carbons (Fsp3) is 0.412. The topological polar surface area (TPSA) is 93.7 Å². The van der Waals surface area contributed by atoms with E-state index in [4.69, 9.17) is 4.42 Å². The number of nitrogens with zero attached hydrogens (tertiary/aromatic N) is 2. The van der Waals surface area contributed by atoms with Crippen LogP contribution in [-0.4, -0.2) is 28.3 Å². The molecule has 0 aliphatic carbocycles. The Morgan fingerprint density at radius 3 is 2.88 bits per heavy atom. The second-order valence-electron chi connectivity index (χ2n) is 5.98. The molecule has 1 aliphatic heterocycles. The summed E-state index contributed by atoms with van der Waals surface area (Å²) in [5.41, 5.74) is -0.655. The third kappa shape index (κ3) is 2.89. The average molecular weight is 330 g/mol. The first kappa shape index (κ1) is 16.2. The van der Waals surface area contributed by atoms with Gasteiger partial charge >= 0.3 is 5.63 Å². The number of piperidine rings is 1. The van der Waals surface area contributed by atoms with Crippen molar-refractivity contribution in [1.29, 1.82) is 0 Å². The SMILES string of the molecule is CCC1CCCCN1C(=O)c1cc2cc([N+](=O)[O-])ccc2oc1=O. The molecule has 1 unspecified atom stereocenters. The molecule has 0 bridgehead atoms. The van der Waals surface area contributed by atoms with E-state index in [2.05, 4.69) is 0 Å². The number of likely N-dealkylation sites (tertiary alicyclic amines) is 1. The van der Waals surface area contributed by atoms with Crippen molar-refractivity contribution in [2.24, 2.45) is 0 Å². The molecule has 1 saturated heterocycles. The first-order chi connectivity index (χ1) is 11.5. The Labute approximate surface area is 138 Å². The predicted molar refractivity (Wildman–Crippen MR) is 88.1 cm³/mol. The monoisotopic (exact) mass is 330 g/mol. The van der Waals surface area contributed by atoms with Crippen molar-refractivity contribution >= 4 is 22.6 Å². The number of hydrogen-bond donors (Lipinski definition) is 0. The summed E-state index contributed by atoms with van der Waals surface area (Å²) in [6, 6.07) is 5.47. The molecule has 126 valence electrons. The van der Waals surface area contributed by atoms with E-state index in [0.29, 0.717) is 11.9 Å². The highest BCUT2D eigenvalue weighted by Crippen LogP contribution is 2.24. The highest BCUT2D eigenvalue weighted by molar-refractivity contribution is 5.97. The molecule has 1 aromatic carbocycles. The van der Waals surface area contributed by atoms with Gasteiger partial charge in [0.25, 0.3) is 11.6 Å². The summed E-state index contributed by atoms with van der Waals surface area (Å²) in [7, 11) is 0. The van der Waals surface area contributed by atoms with Crippen LogP contribution in [-0.2, 0) is 0 Å². The molecular weight excluding hydrogens is 312 g/mol. The average Bonchev–Trinajstić information content (AvgIpc) is 2.60. The lowest BCUT2D eigenvalue weighted by Crippen LogP contribution is -2.44. The van der Waals surface area contributed by atoms with E-state index in [9.17, 15) is 19.7 Å². The van der Waals surface area contributed by atoms with Crippen molar-refractivity contribution in [3.05, 3.63) is 50.4 Å². The molecule has 1 aliphatic rings. The first-order valence-corrected chi connectivity index (χ1v) is 8.04. The number of benzene rings is 1. The van der Waals surface area contributed by atoms with Crippen LogP contribution in [0.3, 0.4) is 0 Å². The number of amides is 1. The lowest BCUT2D eigenvalue weighted by atomic mass is 9.99. The third-order valence-electron chi connectivity index (χ3n) is 4.52. The van der Waals surface area contributed by atoms with Crippen LogP contribution in [0.5, 0.6) is 0 Å². The van der Waals surface area contributed by atoms with Crippen LogP contribution in [0, 0.1) is 10.1 Å². The quantitative estimate of drug-likeness (QED) is 0.489. The summed E-state index contributed by atoms with van der Waals surface area (Å²) in [4.78, 5) is 37.1. The van der Waals surface area contributed by atoms with E-state index >= 15 is 0 Å². The van der Waals surface area contributed by atoms with Crippen molar-refractivity contribution in [2.75, 3.05) is 6.54 Å². The number of carbonyl (C=O) groups excluding carboxylic acids is 1. The van der Waals surface area contributed by atoms with Gasteiger partial charge in [-0.1, -0.05) is 6.92 Å². The molecule has 0 radical (unpaired) electrons. The molecular formula is C17H18N2O5. The largest absolute Gasteiger partial charge is 0.422 e. The molecule has 24 heavy (non-hydrogen) atoms. The molecule has 1 amide bonds. The predicted octanol–water partition coefficient (Wildman–Crippen LogP) is 3.11.